The highest BCUT2D eigenvalue weighted by molar-refractivity contribution is 5.75. The van der Waals surface area contributed by atoms with Crippen LogP contribution in [0.4, 0.5) is 0 Å². The van der Waals surface area contributed by atoms with Crippen molar-refractivity contribution in [1.82, 2.24) is 0 Å². The minimum atomic E-state index is -0.446. The summed E-state index contributed by atoms with van der Waals surface area (Å²) in [4.78, 5) is 11.1. The molecule has 0 heterocycles. The van der Waals surface area contributed by atoms with Gasteiger partial charge in [-0.05, 0) is 27.7 Å². The van der Waals surface area contributed by atoms with Gasteiger partial charge in [0, 0.05) is 6.42 Å². The molecule has 0 radical (unpaired) electrons. The molecule has 0 aromatic carbocycles. The van der Waals surface area contributed by atoms with Gasteiger partial charge in [-0.25, -0.2) is 0 Å². The zero-order valence-electron chi connectivity index (χ0n) is 8.26. The predicted molar refractivity (Wildman–Crippen MR) is 46.7 cm³/mol. The number of carbonyl (C=O) groups is 1. The van der Waals surface area contributed by atoms with Crippen molar-refractivity contribution < 1.29 is 14.6 Å². The van der Waals surface area contributed by atoms with E-state index in [0.29, 0.717) is 13.0 Å². The largest absolute Gasteiger partial charge is 0.465 e. The fourth-order valence-corrected chi connectivity index (χ4v) is 0.539. The lowest BCUT2D eigenvalue weighted by Gasteiger charge is -2.16. The summed E-state index contributed by atoms with van der Waals surface area (Å²) in [5, 5.41) is 8.88. The molecule has 1 N–H and O–H groups in total. The number of aliphatic hydroxyl groups excluding tert-OH is 1. The molecule has 0 rings (SSSR count). The molecule has 0 aliphatic rings. The second-order valence-corrected chi connectivity index (χ2v) is 4.02. The Morgan fingerprint density at radius 2 is 2.00 bits per heavy atom. The van der Waals surface area contributed by atoms with Gasteiger partial charge in [-0.15, -0.1) is 0 Å². The normalized spacial score (nSPS) is 14.1. The van der Waals surface area contributed by atoms with Crippen molar-refractivity contribution in [2.45, 2.75) is 40.2 Å². The first-order chi connectivity index (χ1) is 5.34. The summed E-state index contributed by atoms with van der Waals surface area (Å²) in [5.41, 5.74) is -0.446. The molecule has 12 heavy (non-hydrogen) atoms. The van der Waals surface area contributed by atoms with Gasteiger partial charge in [0.05, 0.1) is 18.1 Å². The maximum absolute atomic E-state index is 11.1. The van der Waals surface area contributed by atoms with E-state index in [9.17, 15) is 4.79 Å². The number of hydrogen-bond donors (Lipinski definition) is 1. The first-order valence-electron chi connectivity index (χ1n) is 4.19. The van der Waals surface area contributed by atoms with Crippen molar-refractivity contribution in [1.29, 1.82) is 0 Å². The van der Waals surface area contributed by atoms with Gasteiger partial charge < -0.3 is 9.84 Å². The molecule has 0 saturated carbocycles. The molecule has 0 bridgehead atoms. The van der Waals surface area contributed by atoms with Crippen molar-refractivity contribution in [3.63, 3.8) is 0 Å². The smallest absolute Gasteiger partial charge is 0.311 e. The fourth-order valence-electron chi connectivity index (χ4n) is 0.539. The number of ether oxygens (including phenoxy) is 1. The molecule has 0 aromatic rings. The zero-order chi connectivity index (χ0) is 9.78. The maximum atomic E-state index is 11.1. The molecule has 72 valence electrons. The van der Waals surface area contributed by atoms with Crippen LogP contribution < -0.4 is 0 Å². The van der Waals surface area contributed by atoms with Gasteiger partial charge in [0.15, 0.2) is 0 Å². The van der Waals surface area contributed by atoms with Crippen molar-refractivity contribution in [2.24, 2.45) is 5.41 Å². The third-order valence-electron chi connectivity index (χ3n) is 1.38. The molecule has 0 aromatic heterocycles. The van der Waals surface area contributed by atoms with E-state index in [-0.39, 0.29) is 5.97 Å². The summed E-state index contributed by atoms with van der Waals surface area (Å²) in [6.45, 7) is 7.38. The topological polar surface area (TPSA) is 46.5 Å². The van der Waals surface area contributed by atoms with E-state index < -0.39 is 11.5 Å². The molecule has 3 heteroatoms. The Hall–Kier alpha value is -0.570. The van der Waals surface area contributed by atoms with E-state index >= 15 is 0 Å². The van der Waals surface area contributed by atoms with Gasteiger partial charge in [-0.1, -0.05) is 0 Å². The van der Waals surface area contributed by atoms with Crippen LogP contribution in [0.5, 0.6) is 0 Å². The summed E-state index contributed by atoms with van der Waals surface area (Å²) < 4.78 is 4.92. The molecular formula is C9H18O3. The Balaban J connectivity index is 3.59. The Labute approximate surface area is 73.7 Å². The van der Waals surface area contributed by atoms with Crippen LogP contribution in [-0.4, -0.2) is 23.8 Å². The second-order valence-electron chi connectivity index (χ2n) is 4.02. The van der Waals surface area contributed by atoms with Gasteiger partial charge in [-0.3, -0.25) is 4.79 Å². The van der Waals surface area contributed by atoms with Gasteiger partial charge >= 0.3 is 5.97 Å². The Kier molecular flexibility index (Phi) is 4.24. The SMILES string of the molecule is C[C@@H](O)CCOC(=O)C(C)(C)C. The minimum Gasteiger partial charge on any atom is -0.465 e. The molecule has 0 saturated heterocycles. The number of rotatable bonds is 3. The van der Waals surface area contributed by atoms with Gasteiger partial charge in [0.2, 0.25) is 0 Å². The van der Waals surface area contributed by atoms with Crippen LogP contribution in [0, 0.1) is 5.41 Å². The van der Waals surface area contributed by atoms with Gasteiger partial charge in [0.1, 0.15) is 0 Å². The summed E-state index contributed by atoms with van der Waals surface area (Å²) >= 11 is 0. The molecule has 1 atom stereocenters. The molecule has 0 aliphatic heterocycles. The lowest BCUT2D eigenvalue weighted by atomic mass is 9.97. The quantitative estimate of drug-likeness (QED) is 0.657. The van der Waals surface area contributed by atoms with Crippen LogP contribution in [0.15, 0.2) is 0 Å². The molecule has 0 amide bonds. The summed E-state index contributed by atoms with van der Waals surface area (Å²) in [7, 11) is 0. The lowest BCUT2D eigenvalue weighted by Crippen LogP contribution is -2.24. The molecular weight excluding hydrogens is 156 g/mol. The summed E-state index contributed by atoms with van der Waals surface area (Å²) in [6.07, 6.45) is 0.0970. The first kappa shape index (κ1) is 11.4. The van der Waals surface area contributed by atoms with E-state index in [1.165, 1.54) is 0 Å². The van der Waals surface area contributed by atoms with Crippen LogP contribution in [0.3, 0.4) is 0 Å². The highest BCUT2D eigenvalue weighted by Crippen LogP contribution is 2.15. The third kappa shape index (κ3) is 5.13. The first-order valence-corrected chi connectivity index (χ1v) is 4.19. The van der Waals surface area contributed by atoms with Crippen LogP contribution in [0.25, 0.3) is 0 Å². The third-order valence-corrected chi connectivity index (χ3v) is 1.38. The van der Waals surface area contributed by atoms with Gasteiger partial charge in [-0.2, -0.15) is 0 Å². The lowest BCUT2D eigenvalue weighted by molar-refractivity contribution is -0.153. The van der Waals surface area contributed by atoms with Crippen molar-refractivity contribution in [3.8, 4) is 0 Å². The highest BCUT2D eigenvalue weighted by atomic mass is 16.5. The Morgan fingerprint density at radius 1 is 1.50 bits per heavy atom. The zero-order valence-corrected chi connectivity index (χ0v) is 8.26. The number of hydrogen-bond acceptors (Lipinski definition) is 3. The average Bonchev–Trinajstić information content (AvgIpc) is 1.84. The maximum Gasteiger partial charge on any atom is 0.311 e. The number of carbonyl (C=O) groups excluding carboxylic acids is 1. The Morgan fingerprint density at radius 3 is 2.33 bits per heavy atom. The monoisotopic (exact) mass is 174 g/mol. The molecule has 0 fully saturated rings. The summed E-state index contributed by atoms with van der Waals surface area (Å²) in [6, 6.07) is 0. The summed E-state index contributed by atoms with van der Waals surface area (Å²) in [5.74, 6) is -0.219. The van der Waals surface area contributed by atoms with Crippen LogP contribution in [0.1, 0.15) is 34.1 Å². The number of esters is 1. The van der Waals surface area contributed by atoms with E-state index in [0.717, 1.165) is 0 Å². The standard InChI is InChI=1S/C9H18O3/c1-7(10)5-6-12-8(11)9(2,3)4/h7,10H,5-6H2,1-4H3/t7-/m1/s1. The van der Waals surface area contributed by atoms with Crippen molar-refractivity contribution in [3.05, 3.63) is 0 Å². The van der Waals surface area contributed by atoms with Gasteiger partial charge in [0.25, 0.3) is 0 Å². The molecule has 0 spiro atoms. The van der Waals surface area contributed by atoms with Crippen LogP contribution in [-0.2, 0) is 9.53 Å². The number of aliphatic hydroxyl groups is 1. The molecule has 0 aliphatic carbocycles. The predicted octanol–water partition coefficient (Wildman–Crippen LogP) is 1.35. The van der Waals surface area contributed by atoms with Crippen molar-refractivity contribution in [2.75, 3.05) is 6.61 Å². The second kappa shape index (κ2) is 4.45. The van der Waals surface area contributed by atoms with E-state index in [2.05, 4.69) is 0 Å². The Bertz CT molecular complexity index is 144. The van der Waals surface area contributed by atoms with Crippen LogP contribution >= 0.6 is 0 Å². The molecule has 3 nitrogen and oxygen atoms in total. The van der Waals surface area contributed by atoms with Crippen LogP contribution in [0.2, 0.25) is 0 Å². The minimum absolute atomic E-state index is 0.219. The van der Waals surface area contributed by atoms with Crippen molar-refractivity contribution >= 4 is 5.97 Å². The highest BCUT2D eigenvalue weighted by Gasteiger charge is 2.22. The van der Waals surface area contributed by atoms with E-state index in [4.69, 9.17) is 9.84 Å². The van der Waals surface area contributed by atoms with E-state index in [1.807, 2.05) is 0 Å². The molecule has 0 unspecified atom stereocenters. The average molecular weight is 174 g/mol. The van der Waals surface area contributed by atoms with E-state index in [1.54, 1.807) is 27.7 Å². The fraction of sp³-hybridized carbons (Fsp3) is 0.889.